The van der Waals surface area contributed by atoms with E-state index in [1.807, 2.05) is 63.2 Å². The Morgan fingerprint density at radius 1 is 0.927 bits per heavy atom. The summed E-state index contributed by atoms with van der Waals surface area (Å²) in [6.07, 6.45) is 2.46. The average Bonchev–Trinajstić information content (AvgIpc) is 2.94. The van der Waals surface area contributed by atoms with Crippen LogP contribution in [0.3, 0.4) is 0 Å². The van der Waals surface area contributed by atoms with Crippen molar-refractivity contribution in [3.05, 3.63) is 101 Å². The van der Waals surface area contributed by atoms with E-state index in [4.69, 9.17) is 0 Å². The summed E-state index contributed by atoms with van der Waals surface area (Å²) in [4.78, 5) is 28.9. The Bertz CT molecular complexity index is 1380. The van der Waals surface area contributed by atoms with Crippen LogP contribution in [0.2, 0.25) is 0 Å². The number of carbonyl (C=O) groups excluding carboxylic acids is 2. The van der Waals surface area contributed by atoms with E-state index < -0.39 is 16.1 Å². The zero-order chi connectivity index (χ0) is 30.0. The summed E-state index contributed by atoms with van der Waals surface area (Å²) in [6, 6.07) is 21.6. The summed E-state index contributed by atoms with van der Waals surface area (Å²) < 4.78 is 40.1. The molecule has 7 nitrogen and oxygen atoms in total. The topological polar surface area (TPSA) is 86.8 Å². The maximum absolute atomic E-state index is 13.8. The minimum atomic E-state index is -3.58. The highest BCUT2D eigenvalue weighted by Gasteiger charge is 2.31. The fraction of sp³-hybridized carbons (Fsp3) is 0.375. The Morgan fingerprint density at radius 2 is 1.56 bits per heavy atom. The molecule has 0 fully saturated rings. The molecule has 3 rings (SSSR count). The molecular formula is C32H40FN3O4S. The first-order valence-corrected chi connectivity index (χ1v) is 15.7. The summed E-state index contributed by atoms with van der Waals surface area (Å²) in [5, 5.41) is 3.02. The minimum absolute atomic E-state index is 0.0287. The van der Waals surface area contributed by atoms with Crippen LogP contribution in [0.15, 0.2) is 78.9 Å². The summed E-state index contributed by atoms with van der Waals surface area (Å²) in [7, 11) is -3.58. The summed E-state index contributed by atoms with van der Waals surface area (Å²) >= 11 is 0. The van der Waals surface area contributed by atoms with E-state index in [1.165, 1.54) is 21.3 Å². The van der Waals surface area contributed by atoms with Crippen LogP contribution < -0.4 is 9.62 Å². The number of sulfonamides is 1. The van der Waals surface area contributed by atoms with E-state index in [1.54, 1.807) is 24.3 Å². The maximum atomic E-state index is 13.8. The Morgan fingerprint density at radius 3 is 2.15 bits per heavy atom. The van der Waals surface area contributed by atoms with Crippen molar-refractivity contribution in [2.24, 2.45) is 0 Å². The summed E-state index contributed by atoms with van der Waals surface area (Å²) in [5.41, 5.74) is 3.13. The fourth-order valence-electron chi connectivity index (χ4n) is 4.50. The molecule has 41 heavy (non-hydrogen) atoms. The number of benzene rings is 3. The van der Waals surface area contributed by atoms with Gasteiger partial charge in [-0.15, -0.1) is 0 Å². The molecule has 0 aliphatic heterocycles. The van der Waals surface area contributed by atoms with Crippen LogP contribution in [0.25, 0.3) is 0 Å². The fourth-order valence-corrected chi connectivity index (χ4v) is 5.46. The molecule has 0 aliphatic carbocycles. The Kier molecular flexibility index (Phi) is 11.5. The van der Waals surface area contributed by atoms with Gasteiger partial charge in [-0.05, 0) is 62.1 Å². The van der Waals surface area contributed by atoms with Crippen molar-refractivity contribution in [3.8, 4) is 0 Å². The first-order valence-electron chi connectivity index (χ1n) is 13.9. The van der Waals surface area contributed by atoms with Gasteiger partial charge in [0.15, 0.2) is 0 Å². The zero-order valence-electron chi connectivity index (χ0n) is 24.2. The van der Waals surface area contributed by atoms with Crippen LogP contribution in [0.5, 0.6) is 0 Å². The second kappa shape index (κ2) is 14.8. The molecule has 2 unspecified atom stereocenters. The van der Waals surface area contributed by atoms with E-state index in [9.17, 15) is 22.4 Å². The van der Waals surface area contributed by atoms with Crippen molar-refractivity contribution >= 4 is 27.5 Å². The van der Waals surface area contributed by atoms with Crippen molar-refractivity contribution in [3.63, 3.8) is 0 Å². The van der Waals surface area contributed by atoms with Crippen LogP contribution >= 0.6 is 0 Å². The number of amides is 2. The minimum Gasteiger partial charge on any atom is -0.352 e. The zero-order valence-corrected chi connectivity index (χ0v) is 25.0. The number of hydrogen-bond donors (Lipinski definition) is 1. The number of carbonyl (C=O) groups is 2. The van der Waals surface area contributed by atoms with Crippen LogP contribution in [0.1, 0.15) is 49.8 Å². The molecule has 1 N–H and O–H groups in total. The number of rotatable bonds is 14. The molecule has 3 aromatic carbocycles. The van der Waals surface area contributed by atoms with E-state index >= 15 is 0 Å². The molecule has 0 radical (unpaired) electrons. The third-order valence-corrected chi connectivity index (χ3v) is 8.21. The van der Waals surface area contributed by atoms with Crippen molar-refractivity contribution < 1.29 is 22.4 Å². The van der Waals surface area contributed by atoms with Gasteiger partial charge in [-0.25, -0.2) is 12.8 Å². The lowest BCUT2D eigenvalue weighted by Crippen LogP contribution is -2.52. The number of anilines is 1. The van der Waals surface area contributed by atoms with E-state index in [0.29, 0.717) is 17.7 Å². The highest BCUT2D eigenvalue weighted by molar-refractivity contribution is 7.92. The maximum Gasteiger partial charge on any atom is 0.243 e. The third-order valence-electron chi connectivity index (χ3n) is 7.01. The molecular weight excluding hydrogens is 541 g/mol. The second-order valence-corrected chi connectivity index (χ2v) is 12.4. The van der Waals surface area contributed by atoms with Crippen molar-refractivity contribution in [1.29, 1.82) is 0 Å². The van der Waals surface area contributed by atoms with Crippen LogP contribution in [0.4, 0.5) is 10.1 Å². The molecule has 0 aromatic heterocycles. The van der Waals surface area contributed by atoms with Gasteiger partial charge in [-0.3, -0.25) is 13.9 Å². The number of hydrogen-bond acceptors (Lipinski definition) is 4. The van der Waals surface area contributed by atoms with Gasteiger partial charge in [0.25, 0.3) is 0 Å². The quantitative estimate of drug-likeness (QED) is 0.282. The lowest BCUT2D eigenvalue weighted by molar-refractivity contribution is -0.141. The number of nitrogens with one attached hydrogen (secondary N) is 1. The van der Waals surface area contributed by atoms with E-state index in [-0.39, 0.29) is 49.6 Å². The molecule has 2 atom stereocenters. The number of halogens is 1. The molecule has 0 saturated heterocycles. The number of nitrogens with zero attached hydrogens (tertiary/aromatic N) is 2. The molecule has 220 valence electrons. The predicted octanol–water partition coefficient (Wildman–Crippen LogP) is 5.24. The summed E-state index contributed by atoms with van der Waals surface area (Å²) in [5.74, 6) is -0.943. The monoisotopic (exact) mass is 581 g/mol. The lowest BCUT2D eigenvalue weighted by atomic mass is 10.0. The molecule has 3 aromatic rings. The van der Waals surface area contributed by atoms with Crippen molar-refractivity contribution in [2.45, 2.75) is 65.1 Å². The van der Waals surface area contributed by atoms with Gasteiger partial charge in [0.2, 0.25) is 21.8 Å². The van der Waals surface area contributed by atoms with Gasteiger partial charge in [0, 0.05) is 32.0 Å². The Balaban J connectivity index is 1.88. The normalized spacial score (nSPS) is 12.8. The smallest absolute Gasteiger partial charge is 0.243 e. The molecule has 0 bridgehead atoms. The van der Waals surface area contributed by atoms with Crippen LogP contribution in [0, 0.1) is 12.7 Å². The highest BCUT2D eigenvalue weighted by Crippen LogP contribution is 2.21. The lowest BCUT2D eigenvalue weighted by Gasteiger charge is -2.32. The molecule has 0 aliphatic rings. The van der Waals surface area contributed by atoms with Crippen LogP contribution in [-0.4, -0.2) is 50.0 Å². The van der Waals surface area contributed by atoms with Gasteiger partial charge < -0.3 is 10.2 Å². The molecule has 0 spiro atoms. The SMILES string of the molecule is CCC(C)NC(=O)C(Cc1ccccc1)N(Cc1ccc(F)cc1)C(=O)CCCN(c1ccc(C)cc1)S(C)(=O)=O. The molecule has 0 saturated carbocycles. The predicted molar refractivity (Wildman–Crippen MR) is 161 cm³/mol. The van der Waals surface area contributed by atoms with Gasteiger partial charge in [0.05, 0.1) is 11.9 Å². The van der Waals surface area contributed by atoms with Crippen molar-refractivity contribution in [2.75, 3.05) is 17.1 Å². The average molecular weight is 582 g/mol. The molecule has 9 heteroatoms. The highest BCUT2D eigenvalue weighted by atomic mass is 32.2. The van der Waals surface area contributed by atoms with Crippen molar-refractivity contribution in [1.82, 2.24) is 10.2 Å². The first-order chi connectivity index (χ1) is 19.5. The Hall–Kier alpha value is -3.72. The molecule has 2 amide bonds. The largest absolute Gasteiger partial charge is 0.352 e. The van der Waals surface area contributed by atoms with Crippen LogP contribution in [-0.2, 0) is 32.6 Å². The molecule has 0 heterocycles. The third kappa shape index (κ3) is 9.70. The van der Waals surface area contributed by atoms with Gasteiger partial charge >= 0.3 is 0 Å². The van der Waals surface area contributed by atoms with E-state index in [2.05, 4.69) is 5.32 Å². The standard InChI is InChI=1S/C32H40FN3O4S/c1-5-25(3)34-32(38)30(22-26-10-7-6-8-11-26)35(23-27-15-17-28(33)18-16-27)31(37)12-9-21-36(41(4,39)40)29-19-13-24(2)14-20-29/h6-8,10-11,13-20,25,30H,5,9,12,21-23H2,1-4H3,(H,34,38). The summed E-state index contributed by atoms with van der Waals surface area (Å²) in [6.45, 7) is 6.03. The Labute approximate surface area is 243 Å². The second-order valence-electron chi connectivity index (χ2n) is 10.4. The van der Waals surface area contributed by atoms with Gasteiger partial charge in [0.1, 0.15) is 11.9 Å². The van der Waals surface area contributed by atoms with Gasteiger partial charge in [-0.1, -0.05) is 67.1 Å². The first kappa shape index (κ1) is 31.8. The van der Waals surface area contributed by atoms with E-state index in [0.717, 1.165) is 23.8 Å². The van der Waals surface area contributed by atoms with Gasteiger partial charge in [-0.2, -0.15) is 0 Å². The number of aryl methyl sites for hydroxylation is 1.